The molecule has 0 spiro atoms. The van der Waals surface area contributed by atoms with E-state index in [9.17, 15) is 10.1 Å². The Morgan fingerprint density at radius 1 is 1.08 bits per heavy atom. The van der Waals surface area contributed by atoms with E-state index in [-0.39, 0.29) is 5.91 Å². The first-order valence-electron chi connectivity index (χ1n) is 7.99. The smallest absolute Gasteiger partial charge is 0.272 e. The van der Waals surface area contributed by atoms with Crippen molar-refractivity contribution in [3.8, 4) is 6.07 Å². The lowest BCUT2D eigenvalue weighted by atomic mass is 10.1. The lowest BCUT2D eigenvalue weighted by Crippen LogP contribution is -2.14. The van der Waals surface area contributed by atoms with Crippen molar-refractivity contribution in [2.24, 2.45) is 0 Å². The summed E-state index contributed by atoms with van der Waals surface area (Å²) < 4.78 is 1.79. The second kappa shape index (κ2) is 5.81. The minimum Gasteiger partial charge on any atom is -0.320 e. The zero-order chi connectivity index (χ0) is 17.4. The number of hydrogen-bond acceptors (Lipinski definition) is 2. The maximum Gasteiger partial charge on any atom is 0.272 e. The number of anilines is 1. The van der Waals surface area contributed by atoms with E-state index < -0.39 is 0 Å². The number of nitrogens with one attached hydrogen (secondary N) is 1. The van der Waals surface area contributed by atoms with Crippen molar-refractivity contribution in [3.63, 3.8) is 0 Å². The standard InChI is InChI=1S/C21H15N3O/c1-14-6-2-5-9-18(14)23-21(25)19-12-16(13-22)20-17-8-4-3-7-15(17)10-11-24(19)20/h2-12H,1H3,(H,23,25). The molecular weight excluding hydrogens is 310 g/mol. The number of para-hydroxylation sites is 1. The summed E-state index contributed by atoms with van der Waals surface area (Å²) in [5.74, 6) is -0.235. The summed E-state index contributed by atoms with van der Waals surface area (Å²) in [4.78, 5) is 12.8. The number of aromatic nitrogens is 1. The van der Waals surface area contributed by atoms with Crippen LogP contribution in [0, 0.1) is 18.3 Å². The lowest BCUT2D eigenvalue weighted by Gasteiger charge is -2.09. The van der Waals surface area contributed by atoms with E-state index in [1.807, 2.05) is 67.7 Å². The van der Waals surface area contributed by atoms with Crippen LogP contribution in [-0.4, -0.2) is 10.3 Å². The van der Waals surface area contributed by atoms with Gasteiger partial charge in [0.1, 0.15) is 11.8 Å². The number of amides is 1. The molecule has 0 aliphatic heterocycles. The normalized spacial score (nSPS) is 10.7. The third-order valence-electron chi connectivity index (χ3n) is 4.40. The molecule has 0 atom stereocenters. The molecule has 4 heteroatoms. The van der Waals surface area contributed by atoms with Gasteiger partial charge >= 0.3 is 0 Å². The molecule has 0 aliphatic rings. The maximum absolute atomic E-state index is 12.8. The first-order chi connectivity index (χ1) is 12.2. The topological polar surface area (TPSA) is 57.3 Å². The van der Waals surface area contributed by atoms with Crippen molar-refractivity contribution in [2.45, 2.75) is 6.92 Å². The molecule has 0 aliphatic carbocycles. The number of carbonyl (C=O) groups excluding carboxylic acids is 1. The molecule has 4 aromatic rings. The van der Waals surface area contributed by atoms with Gasteiger partial charge in [0, 0.05) is 17.3 Å². The molecule has 2 aromatic heterocycles. The fraction of sp³-hybridized carbons (Fsp3) is 0.0476. The molecule has 1 N–H and O–H groups in total. The Kier molecular flexibility index (Phi) is 3.48. The van der Waals surface area contributed by atoms with Gasteiger partial charge in [-0.15, -0.1) is 0 Å². The maximum atomic E-state index is 12.8. The molecule has 4 nitrogen and oxygen atoms in total. The Morgan fingerprint density at radius 3 is 2.64 bits per heavy atom. The highest BCUT2D eigenvalue weighted by Crippen LogP contribution is 2.26. The van der Waals surface area contributed by atoms with Gasteiger partial charge in [-0.25, -0.2) is 0 Å². The molecule has 1 amide bonds. The van der Waals surface area contributed by atoms with E-state index in [2.05, 4.69) is 11.4 Å². The van der Waals surface area contributed by atoms with Gasteiger partial charge in [-0.3, -0.25) is 4.79 Å². The first-order valence-corrected chi connectivity index (χ1v) is 7.99. The first kappa shape index (κ1) is 15.0. The van der Waals surface area contributed by atoms with Crippen molar-refractivity contribution in [2.75, 3.05) is 5.32 Å². The fourth-order valence-corrected chi connectivity index (χ4v) is 3.13. The molecular formula is C21H15N3O. The number of fused-ring (bicyclic) bond motifs is 3. The Balaban J connectivity index is 1.88. The predicted molar refractivity (Wildman–Crippen MR) is 98.8 cm³/mol. The van der Waals surface area contributed by atoms with E-state index in [0.717, 1.165) is 27.5 Å². The highest BCUT2D eigenvalue weighted by atomic mass is 16.1. The largest absolute Gasteiger partial charge is 0.320 e. The van der Waals surface area contributed by atoms with E-state index in [1.54, 1.807) is 10.5 Å². The van der Waals surface area contributed by atoms with Crippen molar-refractivity contribution in [1.82, 2.24) is 4.40 Å². The average molecular weight is 325 g/mol. The van der Waals surface area contributed by atoms with Crippen LogP contribution >= 0.6 is 0 Å². The molecule has 4 rings (SSSR count). The number of benzene rings is 2. The number of nitrogens with zero attached hydrogens (tertiary/aromatic N) is 2. The molecule has 0 fully saturated rings. The van der Waals surface area contributed by atoms with Crippen LogP contribution in [0.25, 0.3) is 16.3 Å². The van der Waals surface area contributed by atoms with Crippen LogP contribution < -0.4 is 5.32 Å². The van der Waals surface area contributed by atoms with Crippen LogP contribution in [-0.2, 0) is 0 Å². The van der Waals surface area contributed by atoms with Crippen molar-refractivity contribution in [1.29, 1.82) is 5.26 Å². The SMILES string of the molecule is Cc1ccccc1NC(=O)c1cc(C#N)c2c3ccccc3ccn12. The van der Waals surface area contributed by atoms with Crippen molar-refractivity contribution in [3.05, 3.63) is 83.7 Å². The van der Waals surface area contributed by atoms with Crippen LogP contribution in [0.5, 0.6) is 0 Å². The number of nitriles is 1. The van der Waals surface area contributed by atoms with Crippen LogP contribution in [0.2, 0.25) is 0 Å². The average Bonchev–Trinajstić information content (AvgIpc) is 3.03. The minimum atomic E-state index is -0.235. The van der Waals surface area contributed by atoms with Crippen LogP contribution in [0.4, 0.5) is 5.69 Å². The predicted octanol–water partition coefficient (Wildman–Crippen LogP) is 4.52. The highest BCUT2D eigenvalue weighted by Gasteiger charge is 2.17. The Morgan fingerprint density at radius 2 is 1.84 bits per heavy atom. The van der Waals surface area contributed by atoms with Crippen LogP contribution in [0.15, 0.2) is 66.9 Å². The quantitative estimate of drug-likeness (QED) is 0.589. The molecule has 0 saturated heterocycles. The van der Waals surface area contributed by atoms with Gasteiger partial charge in [0.05, 0.1) is 11.1 Å². The second-order valence-corrected chi connectivity index (χ2v) is 5.95. The van der Waals surface area contributed by atoms with Gasteiger partial charge in [-0.05, 0) is 36.1 Å². The molecule has 25 heavy (non-hydrogen) atoms. The van der Waals surface area contributed by atoms with E-state index in [0.29, 0.717) is 11.3 Å². The van der Waals surface area contributed by atoms with Gasteiger partial charge in [0.25, 0.3) is 5.91 Å². The number of aryl methyl sites for hydroxylation is 1. The van der Waals surface area contributed by atoms with Gasteiger partial charge in [-0.1, -0.05) is 42.5 Å². The molecule has 120 valence electrons. The summed E-state index contributed by atoms with van der Waals surface area (Å²) in [6.45, 7) is 1.94. The molecule has 0 bridgehead atoms. The van der Waals surface area contributed by atoms with Gasteiger partial charge in [0.2, 0.25) is 0 Å². The summed E-state index contributed by atoms with van der Waals surface area (Å²) in [5.41, 5.74) is 3.45. The summed E-state index contributed by atoms with van der Waals surface area (Å²) in [7, 11) is 0. The van der Waals surface area contributed by atoms with E-state index in [1.165, 1.54) is 0 Å². The Hall–Kier alpha value is -3.58. The monoisotopic (exact) mass is 325 g/mol. The summed E-state index contributed by atoms with van der Waals surface area (Å²) in [5, 5.41) is 14.5. The zero-order valence-corrected chi connectivity index (χ0v) is 13.7. The fourth-order valence-electron chi connectivity index (χ4n) is 3.13. The molecule has 2 heterocycles. The molecule has 0 saturated carbocycles. The summed E-state index contributed by atoms with van der Waals surface area (Å²) in [6.07, 6.45) is 1.84. The number of rotatable bonds is 2. The summed E-state index contributed by atoms with van der Waals surface area (Å²) in [6, 6.07) is 21.3. The van der Waals surface area contributed by atoms with E-state index in [4.69, 9.17) is 0 Å². The number of hydrogen-bond donors (Lipinski definition) is 1. The van der Waals surface area contributed by atoms with Crippen molar-refractivity contribution < 1.29 is 4.79 Å². The van der Waals surface area contributed by atoms with Gasteiger partial charge in [0.15, 0.2) is 0 Å². The second-order valence-electron chi connectivity index (χ2n) is 5.95. The Labute approximate surface area is 144 Å². The molecule has 0 unspecified atom stereocenters. The number of carbonyl (C=O) groups is 1. The van der Waals surface area contributed by atoms with Crippen LogP contribution in [0.3, 0.4) is 0 Å². The lowest BCUT2D eigenvalue weighted by molar-refractivity contribution is 0.102. The van der Waals surface area contributed by atoms with E-state index >= 15 is 0 Å². The number of pyridine rings is 1. The van der Waals surface area contributed by atoms with Gasteiger partial charge in [-0.2, -0.15) is 5.26 Å². The minimum absolute atomic E-state index is 0.235. The Bertz CT molecular complexity index is 1160. The molecule has 2 aromatic carbocycles. The zero-order valence-electron chi connectivity index (χ0n) is 13.7. The van der Waals surface area contributed by atoms with Crippen molar-refractivity contribution >= 4 is 27.9 Å². The third-order valence-corrected chi connectivity index (χ3v) is 4.40. The highest BCUT2D eigenvalue weighted by molar-refractivity contribution is 6.07. The third kappa shape index (κ3) is 2.43. The molecule has 0 radical (unpaired) electrons. The van der Waals surface area contributed by atoms with Gasteiger partial charge < -0.3 is 9.72 Å². The van der Waals surface area contributed by atoms with Crippen LogP contribution in [0.1, 0.15) is 21.6 Å². The summed E-state index contributed by atoms with van der Waals surface area (Å²) >= 11 is 0.